The topological polar surface area (TPSA) is 70.3 Å². The van der Waals surface area contributed by atoms with Gasteiger partial charge in [0.15, 0.2) is 5.96 Å². The van der Waals surface area contributed by atoms with Crippen LogP contribution in [0.3, 0.4) is 0 Å². The number of hydrogen-bond acceptors (Lipinski definition) is 4. The van der Waals surface area contributed by atoms with Crippen LogP contribution in [0.2, 0.25) is 0 Å². The number of furan rings is 1. The molecule has 1 aliphatic rings. The van der Waals surface area contributed by atoms with Gasteiger partial charge in [-0.15, -0.1) is 24.0 Å². The highest BCUT2D eigenvalue weighted by Gasteiger charge is 2.18. The molecule has 1 unspecified atom stereocenters. The number of carbonyl (C=O) groups is 1. The van der Waals surface area contributed by atoms with Crippen molar-refractivity contribution in [1.29, 1.82) is 0 Å². The Morgan fingerprint density at radius 3 is 2.72 bits per heavy atom. The molecule has 1 N–H and O–H groups in total. The van der Waals surface area contributed by atoms with Crippen molar-refractivity contribution in [2.75, 3.05) is 47.4 Å². The second-order valence-electron chi connectivity index (χ2n) is 6.40. The molecule has 0 bridgehead atoms. The maximum Gasteiger partial charge on any atom is 0.243 e. The fourth-order valence-electron chi connectivity index (χ4n) is 2.48. The smallest absolute Gasteiger partial charge is 0.243 e. The summed E-state index contributed by atoms with van der Waals surface area (Å²) in [6.07, 6.45) is 2.75. The first-order valence-corrected chi connectivity index (χ1v) is 8.27. The third-order valence-electron chi connectivity index (χ3n) is 4.17. The lowest BCUT2D eigenvalue weighted by Gasteiger charge is -2.23. The number of aryl methyl sites for hydroxylation is 1. The van der Waals surface area contributed by atoms with Crippen LogP contribution in [0.1, 0.15) is 17.7 Å². The number of rotatable bonds is 6. The number of nitrogens with zero attached hydrogens (tertiary/aromatic N) is 3. The normalized spacial score (nSPS) is 17.1. The van der Waals surface area contributed by atoms with Gasteiger partial charge in [-0.25, -0.2) is 4.99 Å². The number of ether oxygens (including phenoxy) is 1. The van der Waals surface area contributed by atoms with Crippen molar-refractivity contribution in [2.24, 2.45) is 10.9 Å². The Morgan fingerprint density at radius 1 is 1.40 bits per heavy atom. The number of aliphatic imine (C=N–C) groups is 1. The summed E-state index contributed by atoms with van der Waals surface area (Å²) in [5.74, 6) is 2.09. The first-order chi connectivity index (χ1) is 11.5. The summed E-state index contributed by atoms with van der Waals surface area (Å²) in [5.41, 5.74) is 1.11. The first kappa shape index (κ1) is 21.8. The zero-order chi connectivity index (χ0) is 17.5. The third-order valence-corrected chi connectivity index (χ3v) is 4.17. The predicted octanol–water partition coefficient (Wildman–Crippen LogP) is 1.71. The molecule has 0 spiro atoms. The van der Waals surface area contributed by atoms with E-state index < -0.39 is 0 Å². The van der Waals surface area contributed by atoms with Gasteiger partial charge in [0, 0.05) is 52.3 Å². The van der Waals surface area contributed by atoms with Crippen LogP contribution in [0, 0.1) is 12.8 Å². The summed E-state index contributed by atoms with van der Waals surface area (Å²) in [4.78, 5) is 19.9. The number of nitrogens with one attached hydrogen (secondary N) is 1. The molecule has 0 aliphatic carbocycles. The van der Waals surface area contributed by atoms with Crippen LogP contribution >= 0.6 is 24.0 Å². The quantitative estimate of drug-likeness (QED) is 0.395. The van der Waals surface area contributed by atoms with E-state index in [9.17, 15) is 4.79 Å². The number of carbonyl (C=O) groups excluding carboxylic acids is 1. The van der Waals surface area contributed by atoms with Gasteiger partial charge >= 0.3 is 0 Å². The molecule has 1 aromatic heterocycles. The minimum absolute atomic E-state index is 0. The van der Waals surface area contributed by atoms with Gasteiger partial charge in [0.05, 0.1) is 12.9 Å². The number of amides is 1. The fourth-order valence-corrected chi connectivity index (χ4v) is 2.48. The lowest BCUT2D eigenvalue weighted by atomic mass is 10.1. The summed E-state index contributed by atoms with van der Waals surface area (Å²) in [7, 11) is 5.43. The first-order valence-electron chi connectivity index (χ1n) is 8.27. The highest BCUT2D eigenvalue weighted by molar-refractivity contribution is 14.0. The molecule has 1 aliphatic heterocycles. The summed E-state index contributed by atoms with van der Waals surface area (Å²) in [6, 6.07) is 1.96. The fraction of sp³-hybridized carbons (Fsp3) is 0.647. The van der Waals surface area contributed by atoms with E-state index in [0.717, 1.165) is 43.5 Å². The van der Waals surface area contributed by atoms with Crippen LogP contribution < -0.4 is 5.32 Å². The molecule has 0 saturated carbocycles. The van der Waals surface area contributed by atoms with E-state index in [2.05, 4.69) is 10.3 Å². The Morgan fingerprint density at radius 2 is 2.16 bits per heavy atom. The molecule has 0 aromatic carbocycles. The lowest BCUT2D eigenvalue weighted by molar-refractivity contribution is -0.127. The van der Waals surface area contributed by atoms with Crippen LogP contribution in [-0.2, 0) is 16.1 Å². The van der Waals surface area contributed by atoms with Gasteiger partial charge < -0.3 is 24.3 Å². The SMILES string of the molecule is Cc1occc1CN(C)C(=NCC(=O)N(C)C)NCC1CCOC1.I. The Kier molecular flexibility index (Phi) is 9.26. The zero-order valence-corrected chi connectivity index (χ0v) is 17.8. The molecule has 7 nitrogen and oxygen atoms in total. The van der Waals surface area contributed by atoms with E-state index in [0.29, 0.717) is 12.5 Å². The molecule has 142 valence electrons. The molecule has 2 rings (SSSR count). The minimum Gasteiger partial charge on any atom is -0.469 e. The number of likely N-dealkylation sites (N-methyl/N-ethyl adjacent to an activating group) is 1. The molecule has 1 fully saturated rings. The van der Waals surface area contributed by atoms with Crippen molar-refractivity contribution in [1.82, 2.24) is 15.1 Å². The summed E-state index contributed by atoms with van der Waals surface area (Å²) >= 11 is 0. The van der Waals surface area contributed by atoms with E-state index >= 15 is 0 Å². The maximum atomic E-state index is 11.8. The summed E-state index contributed by atoms with van der Waals surface area (Å²) < 4.78 is 10.8. The van der Waals surface area contributed by atoms with E-state index in [4.69, 9.17) is 9.15 Å². The van der Waals surface area contributed by atoms with Gasteiger partial charge in [-0.1, -0.05) is 0 Å². The summed E-state index contributed by atoms with van der Waals surface area (Å²) in [5, 5.41) is 3.38. The van der Waals surface area contributed by atoms with E-state index in [1.54, 1.807) is 25.3 Å². The molecule has 2 heterocycles. The Bertz CT molecular complexity index is 568. The van der Waals surface area contributed by atoms with Gasteiger partial charge in [0.1, 0.15) is 12.3 Å². The average molecular weight is 464 g/mol. The molecule has 1 saturated heterocycles. The Balaban J connectivity index is 0.00000312. The largest absolute Gasteiger partial charge is 0.469 e. The zero-order valence-electron chi connectivity index (χ0n) is 15.4. The number of halogens is 1. The van der Waals surface area contributed by atoms with Gasteiger partial charge in [-0.05, 0) is 19.4 Å². The molecular weight excluding hydrogens is 435 g/mol. The summed E-state index contributed by atoms with van der Waals surface area (Å²) in [6.45, 7) is 5.14. The van der Waals surface area contributed by atoms with Crippen LogP contribution in [-0.4, -0.2) is 69.1 Å². The van der Waals surface area contributed by atoms with Crippen molar-refractivity contribution in [3.8, 4) is 0 Å². The Hall–Kier alpha value is -1.29. The van der Waals surface area contributed by atoms with Crippen molar-refractivity contribution in [3.05, 3.63) is 23.7 Å². The van der Waals surface area contributed by atoms with E-state index in [1.807, 2.05) is 24.9 Å². The van der Waals surface area contributed by atoms with Gasteiger partial charge in [0.25, 0.3) is 0 Å². The monoisotopic (exact) mass is 464 g/mol. The molecule has 1 amide bonds. The molecule has 8 heteroatoms. The number of hydrogen-bond donors (Lipinski definition) is 1. The highest BCUT2D eigenvalue weighted by Crippen LogP contribution is 2.13. The molecule has 1 aromatic rings. The van der Waals surface area contributed by atoms with Gasteiger partial charge in [0.2, 0.25) is 5.91 Å². The van der Waals surface area contributed by atoms with Crippen LogP contribution in [0.25, 0.3) is 0 Å². The van der Waals surface area contributed by atoms with Crippen molar-refractivity contribution in [3.63, 3.8) is 0 Å². The molecular formula is C17H29IN4O3. The standard InChI is InChI=1S/C17H28N4O3.HI/c1-13-15(6-8-24-13)11-21(4)17(19-10-16(22)20(2)3)18-9-14-5-7-23-12-14;/h6,8,14H,5,7,9-12H2,1-4H3,(H,18,19);1H. The van der Waals surface area contributed by atoms with E-state index in [1.165, 1.54) is 0 Å². The average Bonchev–Trinajstić information content (AvgIpc) is 3.19. The number of guanidine groups is 1. The van der Waals surface area contributed by atoms with Crippen LogP contribution in [0.5, 0.6) is 0 Å². The molecule has 0 radical (unpaired) electrons. The lowest BCUT2D eigenvalue weighted by Crippen LogP contribution is -2.41. The Labute approximate surface area is 166 Å². The molecule has 25 heavy (non-hydrogen) atoms. The van der Waals surface area contributed by atoms with Gasteiger partial charge in [-0.3, -0.25) is 4.79 Å². The van der Waals surface area contributed by atoms with Crippen molar-refractivity contribution < 1.29 is 13.9 Å². The maximum absolute atomic E-state index is 11.8. The predicted molar refractivity (Wildman–Crippen MR) is 108 cm³/mol. The van der Waals surface area contributed by atoms with Crippen LogP contribution in [0.15, 0.2) is 21.7 Å². The highest BCUT2D eigenvalue weighted by atomic mass is 127. The molecule has 1 atom stereocenters. The van der Waals surface area contributed by atoms with E-state index in [-0.39, 0.29) is 36.4 Å². The van der Waals surface area contributed by atoms with Crippen molar-refractivity contribution >= 4 is 35.8 Å². The van der Waals surface area contributed by atoms with Gasteiger partial charge in [-0.2, -0.15) is 0 Å². The van der Waals surface area contributed by atoms with Crippen LogP contribution in [0.4, 0.5) is 0 Å². The second kappa shape index (κ2) is 10.6. The van der Waals surface area contributed by atoms with Crippen molar-refractivity contribution in [2.45, 2.75) is 19.9 Å². The minimum atomic E-state index is -0.0219. The third kappa shape index (κ3) is 6.85. The second-order valence-corrected chi connectivity index (χ2v) is 6.40.